The lowest BCUT2D eigenvalue weighted by Gasteiger charge is -2.12. The van der Waals surface area contributed by atoms with E-state index in [2.05, 4.69) is 5.32 Å². The van der Waals surface area contributed by atoms with Crippen LogP contribution >= 0.6 is 0 Å². The van der Waals surface area contributed by atoms with Gasteiger partial charge in [0.2, 0.25) is 0 Å². The molecule has 0 atom stereocenters. The first-order valence-corrected chi connectivity index (χ1v) is 7.77. The van der Waals surface area contributed by atoms with Gasteiger partial charge in [-0.1, -0.05) is 23.8 Å². The van der Waals surface area contributed by atoms with Crippen LogP contribution in [-0.4, -0.2) is 25.1 Å². The van der Waals surface area contributed by atoms with Crippen LogP contribution in [0.4, 0.5) is 5.69 Å². The Morgan fingerprint density at radius 3 is 2.42 bits per heavy atom. The van der Waals surface area contributed by atoms with E-state index in [0.29, 0.717) is 29.2 Å². The molecular formula is C19H21NO4. The molecule has 2 aromatic carbocycles. The van der Waals surface area contributed by atoms with E-state index in [-0.39, 0.29) is 12.5 Å². The van der Waals surface area contributed by atoms with E-state index in [1.807, 2.05) is 31.2 Å². The van der Waals surface area contributed by atoms with E-state index in [4.69, 9.17) is 9.47 Å². The fourth-order valence-electron chi connectivity index (χ4n) is 2.17. The average molecular weight is 327 g/mol. The van der Waals surface area contributed by atoms with Gasteiger partial charge < -0.3 is 14.8 Å². The monoisotopic (exact) mass is 327 g/mol. The van der Waals surface area contributed by atoms with Crippen LogP contribution in [0, 0.1) is 13.8 Å². The Hall–Kier alpha value is -2.82. The van der Waals surface area contributed by atoms with Gasteiger partial charge in [0.1, 0.15) is 5.75 Å². The van der Waals surface area contributed by atoms with Gasteiger partial charge >= 0.3 is 5.97 Å². The zero-order valence-corrected chi connectivity index (χ0v) is 14.1. The quantitative estimate of drug-likeness (QED) is 0.825. The minimum Gasteiger partial charge on any atom is -0.484 e. The fourth-order valence-corrected chi connectivity index (χ4v) is 2.17. The summed E-state index contributed by atoms with van der Waals surface area (Å²) >= 11 is 0. The van der Waals surface area contributed by atoms with E-state index in [1.165, 1.54) is 0 Å². The molecule has 5 nitrogen and oxygen atoms in total. The van der Waals surface area contributed by atoms with Crippen molar-refractivity contribution in [3.05, 3.63) is 59.2 Å². The number of anilines is 1. The number of aryl methyl sites for hydroxylation is 1. The van der Waals surface area contributed by atoms with Gasteiger partial charge in [0.05, 0.1) is 12.2 Å². The van der Waals surface area contributed by atoms with Crippen LogP contribution in [0.3, 0.4) is 0 Å². The summed E-state index contributed by atoms with van der Waals surface area (Å²) < 4.78 is 10.5. The second kappa shape index (κ2) is 8.15. The molecule has 1 amide bonds. The number of carbonyl (C=O) groups is 2. The van der Waals surface area contributed by atoms with Gasteiger partial charge in [-0.3, -0.25) is 4.79 Å². The number of ether oxygens (including phenoxy) is 2. The molecule has 0 fully saturated rings. The lowest BCUT2D eigenvalue weighted by atomic mass is 10.1. The third-order valence-electron chi connectivity index (χ3n) is 3.49. The number of esters is 1. The highest BCUT2D eigenvalue weighted by atomic mass is 16.5. The number of amides is 1. The van der Waals surface area contributed by atoms with Gasteiger partial charge in [-0.25, -0.2) is 4.79 Å². The molecule has 126 valence electrons. The van der Waals surface area contributed by atoms with Crippen molar-refractivity contribution in [3.8, 4) is 5.75 Å². The first-order chi connectivity index (χ1) is 11.5. The molecule has 0 aliphatic carbocycles. The van der Waals surface area contributed by atoms with Crippen LogP contribution in [0.2, 0.25) is 0 Å². The van der Waals surface area contributed by atoms with E-state index in [9.17, 15) is 9.59 Å². The first kappa shape index (κ1) is 17.5. The summed E-state index contributed by atoms with van der Waals surface area (Å²) in [5.41, 5.74) is 2.80. The summed E-state index contributed by atoms with van der Waals surface area (Å²) in [6, 6.07) is 12.6. The normalized spacial score (nSPS) is 10.1. The van der Waals surface area contributed by atoms with Crippen molar-refractivity contribution in [1.29, 1.82) is 0 Å². The zero-order valence-electron chi connectivity index (χ0n) is 14.1. The molecule has 2 rings (SSSR count). The Morgan fingerprint density at radius 1 is 1.04 bits per heavy atom. The van der Waals surface area contributed by atoms with Gasteiger partial charge in [0.15, 0.2) is 6.61 Å². The highest BCUT2D eigenvalue weighted by Gasteiger charge is 2.14. The van der Waals surface area contributed by atoms with Crippen LogP contribution in [0.15, 0.2) is 42.5 Å². The van der Waals surface area contributed by atoms with Gasteiger partial charge in [-0.2, -0.15) is 0 Å². The predicted octanol–water partition coefficient (Wildman–Crippen LogP) is 3.50. The molecule has 0 aliphatic rings. The summed E-state index contributed by atoms with van der Waals surface area (Å²) in [5.74, 6) is -0.0607. The molecule has 2 aromatic rings. The first-order valence-electron chi connectivity index (χ1n) is 7.77. The van der Waals surface area contributed by atoms with E-state index in [0.717, 1.165) is 5.56 Å². The largest absolute Gasteiger partial charge is 0.484 e. The summed E-state index contributed by atoms with van der Waals surface area (Å²) in [5, 5.41) is 2.76. The molecule has 0 radical (unpaired) electrons. The molecule has 0 saturated carbocycles. The van der Waals surface area contributed by atoms with Crippen LogP contribution in [0.5, 0.6) is 5.75 Å². The second-order valence-electron chi connectivity index (χ2n) is 5.35. The SMILES string of the molecule is CCOC(=O)c1cccc(NC(=O)COc2ccc(C)cc2)c1C. The van der Waals surface area contributed by atoms with Crippen molar-refractivity contribution in [3.63, 3.8) is 0 Å². The number of rotatable bonds is 6. The zero-order chi connectivity index (χ0) is 17.5. The van der Waals surface area contributed by atoms with Crippen molar-refractivity contribution in [2.45, 2.75) is 20.8 Å². The maximum atomic E-state index is 12.1. The molecule has 0 bridgehead atoms. The maximum Gasteiger partial charge on any atom is 0.338 e. The Bertz CT molecular complexity index is 723. The van der Waals surface area contributed by atoms with Crippen molar-refractivity contribution < 1.29 is 19.1 Å². The van der Waals surface area contributed by atoms with Gasteiger partial charge in [-0.15, -0.1) is 0 Å². The van der Waals surface area contributed by atoms with Crippen LogP contribution in [-0.2, 0) is 9.53 Å². The Labute approximate surface area is 141 Å². The maximum absolute atomic E-state index is 12.1. The summed E-state index contributed by atoms with van der Waals surface area (Å²) in [6.07, 6.45) is 0. The standard InChI is InChI=1S/C19H21NO4/c1-4-23-19(22)16-6-5-7-17(14(16)3)20-18(21)12-24-15-10-8-13(2)9-11-15/h5-11H,4,12H2,1-3H3,(H,20,21). The lowest BCUT2D eigenvalue weighted by Crippen LogP contribution is -2.21. The number of hydrogen-bond acceptors (Lipinski definition) is 4. The van der Waals surface area contributed by atoms with Crippen molar-refractivity contribution in [1.82, 2.24) is 0 Å². The van der Waals surface area contributed by atoms with E-state index < -0.39 is 5.97 Å². The number of nitrogens with one attached hydrogen (secondary N) is 1. The molecule has 0 unspecified atom stereocenters. The molecule has 0 saturated heterocycles. The highest BCUT2D eigenvalue weighted by Crippen LogP contribution is 2.20. The fraction of sp³-hybridized carbons (Fsp3) is 0.263. The summed E-state index contributed by atoms with van der Waals surface area (Å²) in [6.45, 7) is 5.70. The number of benzene rings is 2. The predicted molar refractivity (Wildman–Crippen MR) is 92.4 cm³/mol. The number of carbonyl (C=O) groups excluding carboxylic acids is 2. The summed E-state index contributed by atoms with van der Waals surface area (Å²) in [7, 11) is 0. The Kier molecular flexibility index (Phi) is 5.95. The molecule has 24 heavy (non-hydrogen) atoms. The molecule has 0 aromatic heterocycles. The van der Waals surface area contributed by atoms with Crippen molar-refractivity contribution >= 4 is 17.6 Å². The molecule has 1 N–H and O–H groups in total. The summed E-state index contributed by atoms with van der Waals surface area (Å²) in [4.78, 5) is 23.9. The third-order valence-corrected chi connectivity index (χ3v) is 3.49. The highest BCUT2D eigenvalue weighted by molar-refractivity contribution is 5.97. The molecule has 0 spiro atoms. The second-order valence-corrected chi connectivity index (χ2v) is 5.35. The minimum absolute atomic E-state index is 0.105. The van der Waals surface area contributed by atoms with Crippen LogP contribution in [0.1, 0.15) is 28.4 Å². The molecule has 0 aliphatic heterocycles. The Morgan fingerprint density at radius 2 is 1.75 bits per heavy atom. The van der Waals surface area contributed by atoms with Crippen molar-refractivity contribution in [2.75, 3.05) is 18.5 Å². The van der Waals surface area contributed by atoms with E-state index in [1.54, 1.807) is 32.0 Å². The van der Waals surface area contributed by atoms with Gasteiger partial charge in [0, 0.05) is 5.69 Å². The third kappa shape index (κ3) is 4.59. The smallest absolute Gasteiger partial charge is 0.338 e. The topological polar surface area (TPSA) is 64.6 Å². The van der Waals surface area contributed by atoms with Crippen LogP contribution in [0.25, 0.3) is 0 Å². The van der Waals surface area contributed by atoms with Gasteiger partial charge in [-0.05, 0) is 50.6 Å². The van der Waals surface area contributed by atoms with Crippen molar-refractivity contribution in [2.24, 2.45) is 0 Å². The Balaban J connectivity index is 1.99. The van der Waals surface area contributed by atoms with Gasteiger partial charge in [0.25, 0.3) is 5.91 Å². The lowest BCUT2D eigenvalue weighted by molar-refractivity contribution is -0.118. The molecule has 5 heteroatoms. The van der Waals surface area contributed by atoms with Crippen LogP contribution < -0.4 is 10.1 Å². The minimum atomic E-state index is -0.401. The van der Waals surface area contributed by atoms with E-state index >= 15 is 0 Å². The molecule has 0 heterocycles. The average Bonchev–Trinajstić information content (AvgIpc) is 2.56. The number of hydrogen-bond donors (Lipinski definition) is 1. The molecular weight excluding hydrogens is 306 g/mol.